The number of piperidine rings is 1. The van der Waals surface area contributed by atoms with E-state index < -0.39 is 0 Å². The Bertz CT molecular complexity index is 731. The third-order valence-corrected chi connectivity index (χ3v) is 7.50. The second-order valence-corrected chi connectivity index (χ2v) is 9.64. The summed E-state index contributed by atoms with van der Waals surface area (Å²) in [7, 11) is 3.26. The molecule has 1 aromatic rings. The zero-order valence-corrected chi connectivity index (χ0v) is 19.8. The van der Waals surface area contributed by atoms with Crippen LogP contribution >= 0.6 is 0 Å². The van der Waals surface area contributed by atoms with E-state index in [1.165, 1.54) is 37.2 Å². The number of aromatic nitrogens is 2. The summed E-state index contributed by atoms with van der Waals surface area (Å²) in [6.07, 6.45) is 13.5. The van der Waals surface area contributed by atoms with E-state index in [4.69, 9.17) is 9.82 Å². The number of likely N-dealkylation sites (tertiary alicyclic amines) is 1. The number of carbonyl (C=O) groups is 1. The van der Waals surface area contributed by atoms with Gasteiger partial charge in [0, 0.05) is 50.9 Å². The van der Waals surface area contributed by atoms with Crippen molar-refractivity contribution in [3.8, 4) is 0 Å². The van der Waals surface area contributed by atoms with Gasteiger partial charge in [-0.05, 0) is 64.0 Å². The first-order valence-electron chi connectivity index (χ1n) is 12.5. The fourth-order valence-corrected chi connectivity index (χ4v) is 5.57. The molecule has 1 saturated carbocycles. The van der Waals surface area contributed by atoms with Crippen molar-refractivity contribution in [2.75, 3.05) is 50.6 Å². The van der Waals surface area contributed by atoms with Crippen molar-refractivity contribution in [1.82, 2.24) is 19.9 Å². The summed E-state index contributed by atoms with van der Waals surface area (Å²) in [5, 5.41) is 5.01. The summed E-state index contributed by atoms with van der Waals surface area (Å²) in [4.78, 5) is 31.9. The Morgan fingerprint density at radius 2 is 1.81 bits per heavy atom. The lowest BCUT2D eigenvalue weighted by Crippen LogP contribution is -2.49. The highest BCUT2D eigenvalue weighted by atomic mass is 16.7. The van der Waals surface area contributed by atoms with Crippen LogP contribution in [0, 0.1) is 5.92 Å². The van der Waals surface area contributed by atoms with E-state index in [2.05, 4.69) is 20.1 Å². The Hall–Kier alpha value is -1.93. The first-order chi connectivity index (χ1) is 15.6. The van der Waals surface area contributed by atoms with Crippen molar-refractivity contribution in [2.45, 2.75) is 76.3 Å². The highest BCUT2D eigenvalue weighted by molar-refractivity contribution is 5.77. The van der Waals surface area contributed by atoms with Crippen molar-refractivity contribution >= 4 is 17.7 Å². The Morgan fingerprint density at radius 3 is 2.53 bits per heavy atom. The molecular formula is C24H40N6O2. The van der Waals surface area contributed by atoms with Gasteiger partial charge in [0.1, 0.15) is 5.82 Å². The molecule has 3 fully saturated rings. The van der Waals surface area contributed by atoms with Gasteiger partial charge < -0.3 is 10.2 Å². The topological polar surface area (TPSA) is 73.8 Å². The van der Waals surface area contributed by atoms with Gasteiger partial charge in [0.25, 0.3) is 0 Å². The van der Waals surface area contributed by atoms with Crippen LogP contribution in [0.3, 0.4) is 0 Å². The van der Waals surface area contributed by atoms with Gasteiger partial charge in [0.15, 0.2) is 0 Å². The SMILES string of the molecule is CON(C)C(=O)C1CCC(N2CCC[C@H](Nc3nccc(N4CCCCCC4)n3)C2)CC1. The Morgan fingerprint density at radius 1 is 1.06 bits per heavy atom. The van der Waals surface area contributed by atoms with Gasteiger partial charge in [-0.3, -0.25) is 14.5 Å². The van der Waals surface area contributed by atoms with E-state index in [0.717, 1.165) is 70.0 Å². The summed E-state index contributed by atoms with van der Waals surface area (Å²) < 4.78 is 0. The number of rotatable bonds is 6. The summed E-state index contributed by atoms with van der Waals surface area (Å²) in [5.41, 5.74) is 0. The van der Waals surface area contributed by atoms with Crippen LogP contribution in [-0.2, 0) is 9.63 Å². The second kappa shape index (κ2) is 11.3. The lowest BCUT2D eigenvalue weighted by molar-refractivity contribution is -0.174. The maximum Gasteiger partial charge on any atom is 0.248 e. The van der Waals surface area contributed by atoms with E-state index >= 15 is 0 Å². The number of hydrogen-bond donors (Lipinski definition) is 1. The molecule has 32 heavy (non-hydrogen) atoms. The first-order valence-corrected chi connectivity index (χ1v) is 12.5. The van der Waals surface area contributed by atoms with Crippen molar-refractivity contribution in [3.05, 3.63) is 12.3 Å². The van der Waals surface area contributed by atoms with E-state index in [-0.39, 0.29) is 11.8 Å². The van der Waals surface area contributed by atoms with Crippen LogP contribution in [0.15, 0.2) is 12.3 Å². The van der Waals surface area contributed by atoms with Gasteiger partial charge in [-0.2, -0.15) is 4.98 Å². The van der Waals surface area contributed by atoms with E-state index in [1.807, 2.05) is 12.3 Å². The van der Waals surface area contributed by atoms with Crippen LogP contribution in [0.2, 0.25) is 0 Å². The van der Waals surface area contributed by atoms with Crippen LogP contribution in [0.4, 0.5) is 11.8 Å². The minimum absolute atomic E-state index is 0.102. The van der Waals surface area contributed by atoms with Crippen molar-refractivity contribution < 1.29 is 9.63 Å². The van der Waals surface area contributed by atoms with Crippen molar-refractivity contribution in [2.24, 2.45) is 5.92 Å². The van der Waals surface area contributed by atoms with Crippen LogP contribution in [-0.4, -0.2) is 78.3 Å². The number of nitrogens with one attached hydrogen (secondary N) is 1. The molecule has 8 nitrogen and oxygen atoms in total. The molecule has 3 aliphatic rings. The summed E-state index contributed by atoms with van der Waals surface area (Å²) in [6, 6.07) is 2.99. The average Bonchev–Trinajstić information content (AvgIpc) is 3.13. The lowest BCUT2D eigenvalue weighted by atomic mass is 9.84. The summed E-state index contributed by atoms with van der Waals surface area (Å²) in [6.45, 7) is 4.37. The molecule has 3 heterocycles. The Labute approximate surface area is 192 Å². The predicted molar refractivity (Wildman–Crippen MR) is 126 cm³/mol. The van der Waals surface area contributed by atoms with E-state index in [9.17, 15) is 4.79 Å². The molecule has 0 unspecified atom stereocenters. The first kappa shape index (κ1) is 23.2. The average molecular weight is 445 g/mol. The quantitative estimate of drug-likeness (QED) is 0.675. The number of amides is 1. The lowest BCUT2D eigenvalue weighted by Gasteiger charge is -2.41. The summed E-state index contributed by atoms with van der Waals surface area (Å²) in [5.74, 6) is 2.03. The third kappa shape index (κ3) is 5.90. The molecule has 1 aromatic heterocycles. The molecular weight excluding hydrogens is 404 g/mol. The van der Waals surface area contributed by atoms with Gasteiger partial charge in [-0.1, -0.05) is 12.8 Å². The highest BCUT2D eigenvalue weighted by Gasteiger charge is 2.33. The Balaban J connectivity index is 1.29. The van der Waals surface area contributed by atoms with Crippen LogP contribution in [0.5, 0.6) is 0 Å². The van der Waals surface area contributed by atoms with Gasteiger partial charge in [0.05, 0.1) is 7.11 Å². The molecule has 2 saturated heterocycles. The molecule has 178 valence electrons. The minimum Gasteiger partial charge on any atom is -0.356 e. The minimum atomic E-state index is 0.102. The third-order valence-electron chi connectivity index (χ3n) is 7.50. The smallest absolute Gasteiger partial charge is 0.248 e. The molecule has 1 N–H and O–H groups in total. The number of hydroxylamine groups is 2. The maximum atomic E-state index is 12.4. The number of nitrogens with zero attached hydrogens (tertiary/aromatic N) is 5. The zero-order chi connectivity index (χ0) is 22.3. The standard InChI is InChI=1S/C24H40N6O2/c1-28(32-2)23(31)19-9-11-21(12-10-19)30-17-7-8-20(18-30)26-24-25-14-13-22(27-24)29-15-5-3-4-6-16-29/h13-14,19-21H,3-12,15-18H2,1-2H3,(H,25,26,27)/t19?,20-,21?/m0/s1. The zero-order valence-electron chi connectivity index (χ0n) is 19.8. The molecule has 1 atom stereocenters. The van der Waals surface area contributed by atoms with E-state index in [1.54, 1.807) is 14.2 Å². The Kier molecular flexibility index (Phi) is 8.19. The molecule has 0 bridgehead atoms. The highest BCUT2D eigenvalue weighted by Crippen LogP contribution is 2.31. The number of hydrogen-bond acceptors (Lipinski definition) is 7. The van der Waals surface area contributed by atoms with Crippen LogP contribution < -0.4 is 10.2 Å². The molecule has 1 amide bonds. The number of carbonyl (C=O) groups excluding carboxylic acids is 1. The fraction of sp³-hybridized carbons (Fsp3) is 0.792. The van der Waals surface area contributed by atoms with Gasteiger partial charge in [-0.25, -0.2) is 10.0 Å². The van der Waals surface area contributed by atoms with Crippen molar-refractivity contribution in [3.63, 3.8) is 0 Å². The molecule has 2 aliphatic heterocycles. The van der Waals surface area contributed by atoms with Gasteiger partial charge in [-0.15, -0.1) is 0 Å². The maximum absolute atomic E-state index is 12.4. The predicted octanol–water partition coefficient (Wildman–Crippen LogP) is 3.31. The van der Waals surface area contributed by atoms with Gasteiger partial charge in [0.2, 0.25) is 11.9 Å². The fourth-order valence-electron chi connectivity index (χ4n) is 5.57. The molecule has 4 rings (SSSR count). The largest absolute Gasteiger partial charge is 0.356 e. The molecule has 0 aromatic carbocycles. The molecule has 0 spiro atoms. The van der Waals surface area contributed by atoms with Gasteiger partial charge >= 0.3 is 0 Å². The van der Waals surface area contributed by atoms with Crippen molar-refractivity contribution in [1.29, 1.82) is 0 Å². The number of anilines is 2. The molecule has 1 aliphatic carbocycles. The normalized spacial score (nSPS) is 27.6. The molecule has 0 radical (unpaired) electrons. The van der Waals surface area contributed by atoms with Crippen LogP contribution in [0.25, 0.3) is 0 Å². The second-order valence-electron chi connectivity index (χ2n) is 9.64. The monoisotopic (exact) mass is 444 g/mol. The summed E-state index contributed by atoms with van der Waals surface area (Å²) >= 11 is 0. The van der Waals surface area contributed by atoms with E-state index in [0.29, 0.717) is 12.1 Å². The van der Waals surface area contributed by atoms with Crippen LogP contribution in [0.1, 0.15) is 64.2 Å². The molecule has 8 heteroatoms.